The van der Waals surface area contributed by atoms with Crippen molar-refractivity contribution in [2.24, 2.45) is 0 Å². The van der Waals surface area contributed by atoms with Crippen LogP contribution in [-0.2, 0) is 6.54 Å². The van der Waals surface area contributed by atoms with E-state index in [1.807, 2.05) is 18.5 Å². The highest BCUT2D eigenvalue weighted by Crippen LogP contribution is 2.25. The van der Waals surface area contributed by atoms with Crippen molar-refractivity contribution in [1.29, 1.82) is 0 Å². The minimum atomic E-state index is -0.554. The summed E-state index contributed by atoms with van der Waals surface area (Å²) in [6.07, 6.45) is 5.58. The molecule has 0 unspecified atom stereocenters. The van der Waals surface area contributed by atoms with Crippen molar-refractivity contribution in [2.75, 3.05) is 6.67 Å². The summed E-state index contributed by atoms with van der Waals surface area (Å²) in [4.78, 5) is 6.39. The summed E-state index contributed by atoms with van der Waals surface area (Å²) in [6.45, 7) is 2.94. The lowest BCUT2D eigenvalue weighted by Crippen LogP contribution is -2.20. The Balaban J connectivity index is 1.84. The molecule has 0 saturated carbocycles. The van der Waals surface area contributed by atoms with E-state index in [9.17, 15) is 8.78 Å². The van der Waals surface area contributed by atoms with Crippen LogP contribution in [0.3, 0.4) is 0 Å². The largest absolute Gasteiger partial charge is 0.373 e. The second kappa shape index (κ2) is 5.52. The van der Waals surface area contributed by atoms with Gasteiger partial charge in [-0.3, -0.25) is 4.98 Å². The summed E-state index contributed by atoms with van der Waals surface area (Å²) in [5.74, 6) is -1.09. The fraction of sp³-hybridized carbons (Fsp3) is 0.188. The summed E-state index contributed by atoms with van der Waals surface area (Å²) < 4.78 is 27.4. The van der Waals surface area contributed by atoms with E-state index in [-0.39, 0.29) is 5.56 Å². The van der Waals surface area contributed by atoms with Gasteiger partial charge >= 0.3 is 0 Å². The molecule has 108 valence electrons. The predicted octanol–water partition coefficient (Wildman–Crippen LogP) is 3.17. The standard InChI is InChI=1S/C16H15F2N3/c1-11-14(17)4-3-13(16(11)18)15-5-2-12(8-20-15)9-21-7-6-19-10-21/h2-8,19H,9-10H2,1H3. The Morgan fingerprint density at radius 1 is 1.24 bits per heavy atom. The molecule has 3 nitrogen and oxygen atoms in total. The number of benzene rings is 1. The minimum absolute atomic E-state index is 0.0201. The summed E-state index contributed by atoms with van der Waals surface area (Å²) in [5.41, 5.74) is 1.88. The second-order valence-corrected chi connectivity index (χ2v) is 5.01. The minimum Gasteiger partial charge on any atom is -0.373 e. The molecule has 0 aliphatic carbocycles. The Bertz CT molecular complexity index is 681. The number of aromatic nitrogens is 1. The van der Waals surface area contributed by atoms with E-state index >= 15 is 0 Å². The molecule has 1 aliphatic rings. The van der Waals surface area contributed by atoms with E-state index in [2.05, 4.69) is 15.2 Å². The number of halogens is 2. The topological polar surface area (TPSA) is 28.2 Å². The number of nitrogens with one attached hydrogen (secondary N) is 1. The number of nitrogens with zero attached hydrogens (tertiary/aromatic N) is 2. The third kappa shape index (κ3) is 2.72. The number of hydrogen-bond donors (Lipinski definition) is 1. The van der Waals surface area contributed by atoms with Gasteiger partial charge in [-0.25, -0.2) is 8.78 Å². The molecule has 0 bridgehead atoms. The lowest BCUT2D eigenvalue weighted by Gasteiger charge is -2.14. The monoisotopic (exact) mass is 287 g/mol. The van der Waals surface area contributed by atoms with Crippen LogP contribution < -0.4 is 5.32 Å². The maximum Gasteiger partial charge on any atom is 0.138 e. The molecule has 0 amide bonds. The molecule has 1 aromatic carbocycles. The van der Waals surface area contributed by atoms with Gasteiger partial charge in [0, 0.05) is 36.3 Å². The van der Waals surface area contributed by atoms with Crippen molar-refractivity contribution in [3.63, 3.8) is 0 Å². The zero-order chi connectivity index (χ0) is 14.8. The summed E-state index contributed by atoms with van der Waals surface area (Å²) in [7, 11) is 0. The Morgan fingerprint density at radius 2 is 2.10 bits per heavy atom. The average molecular weight is 287 g/mol. The Morgan fingerprint density at radius 3 is 2.76 bits per heavy atom. The van der Waals surface area contributed by atoms with Gasteiger partial charge in [0.05, 0.1) is 12.4 Å². The Labute approximate surface area is 121 Å². The van der Waals surface area contributed by atoms with Crippen LogP contribution in [0.25, 0.3) is 11.3 Å². The SMILES string of the molecule is Cc1c(F)ccc(-c2ccc(CN3C=CNC3)cn2)c1F. The van der Waals surface area contributed by atoms with Crippen LogP contribution in [0, 0.1) is 18.6 Å². The highest BCUT2D eigenvalue weighted by Gasteiger charge is 2.12. The quantitative estimate of drug-likeness (QED) is 0.940. The molecule has 5 heteroatoms. The normalized spacial score (nSPS) is 13.6. The molecule has 1 aliphatic heterocycles. The molecule has 1 N–H and O–H groups in total. The van der Waals surface area contributed by atoms with Gasteiger partial charge in [0.1, 0.15) is 11.6 Å². The van der Waals surface area contributed by atoms with Gasteiger partial charge < -0.3 is 10.2 Å². The highest BCUT2D eigenvalue weighted by molar-refractivity contribution is 5.61. The molecular weight excluding hydrogens is 272 g/mol. The van der Waals surface area contributed by atoms with Crippen molar-refractivity contribution >= 4 is 0 Å². The van der Waals surface area contributed by atoms with Crippen LogP contribution in [0.1, 0.15) is 11.1 Å². The molecule has 21 heavy (non-hydrogen) atoms. The van der Waals surface area contributed by atoms with Gasteiger partial charge in [-0.2, -0.15) is 0 Å². The van der Waals surface area contributed by atoms with Crippen molar-refractivity contribution in [3.05, 3.63) is 65.6 Å². The summed E-state index contributed by atoms with van der Waals surface area (Å²) in [6, 6.07) is 6.36. The van der Waals surface area contributed by atoms with Crippen molar-refractivity contribution in [3.8, 4) is 11.3 Å². The lowest BCUT2D eigenvalue weighted by molar-refractivity contribution is 0.384. The second-order valence-electron chi connectivity index (χ2n) is 5.01. The van der Waals surface area contributed by atoms with Crippen LogP contribution in [0.5, 0.6) is 0 Å². The summed E-state index contributed by atoms with van der Waals surface area (Å²) in [5, 5.41) is 3.09. The zero-order valence-electron chi connectivity index (χ0n) is 11.6. The maximum atomic E-state index is 14.1. The predicted molar refractivity (Wildman–Crippen MR) is 77.0 cm³/mol. The molecule has 0 fully saturated rings. The Kier molecular flexibility index (Phi) is 3.56. The number of hydrogen-bond acceptors (Lipinski definition) is 3. The first kappa shape index (κ1) is 13.5. The first-order chi connectivity index (χ1) is 10.1. The van der Waals surface area contributed by atoms with E-state index in [1.165, 1.54) is 19.1 Å². The van der Waals surface area contributed by atoms with Gasteiger partial charge in [0.25, 0.3) is 0 Å². The van der Waals surface area contributed by atoms with Gasteiger partial charge in [-0.1, -0.05) is 6.07 Å². The van der Waals surface area contributed by atoms with Crippen LogP contribution >= 0.6 is 0 Å². The Hall–Kier alpha value is -2.43. The number of pyridine rings is 1. The van der Waals surface area contributed by atoms with Crippen LogP contribution in [0.15, 0.2) is 42.9 Å². The summed E-state index contributed by atoms with van der Waals surface area (Å²) >= 11 is 0. The molecule has 1 aromatic heterocycles. The van der Waals surface area contributed by atoms with E-state index < -0.39 is 11.6 Å². The van der Waals surface area contributed by atoms with Crippen LogP contribution in [-0.4, -0.2) is 16.6 Å². The van der Waals surface area contributed by atoms with Gasteiger partial charge in [-0.15, -0.1) is 0 Å². The van der Waals surface area contributed by atoms with E-state index in [4.69, 9.17) is 0 Å². The van der Waals surface area contributed by atoms with Gasteiger partial charge in [0.2, 0.25) is 0 Å². The van der Waals surface area contributed by atoms with Gasteiger partial charge in [-0.05, 0) is 30.7 Å². The molecule has 0 radical (unpaired) electrons. The van der Waals surface area contributed by atoms with E-state index in [1.54, 1.807) is 12.3 Å². The van der Waals surface area contributed by atoms with Crippen LogP contribution in [0.4, 0.5) is 8.78 Å². The first-order valence-electron chi connectivity index (χ1n) is 6.69. The smallest absolute Gasteiger partial charge is 0.138 e. The molecule has 2 aromatic rings. The average Bonchev–Trinajstić information content (AvgIpc) is 2.99. The molecular formula is C16H15F2N3. The van der Waals surface area contributed by atoms with E-state index in [0.717, 1.165) is 18.8 Å². The molecule has 0 atom stereocenters. The fourth-order valence-corrected chi connectivity index (χ4v) is 2.26. The molecule has 2 heterocycles. The van der Waals surface area contributed by atoms with Gasteiger partial charge in [0.15, 0.2) is 0 Å². The number of rotatable bonds is 3. The third-order valence-electron chi connectivity index (χ3n) is 3.50. The maximum absolute atomic E-state index is 14.1. The first-order valence-corrected chi connectivity index (χ1v) is 6.69. The fourth-order valence-electron chi connectivity index (χ4n) is 2.26. The van der Waals surface area contributed by atoms with Crippen molar-refractivity contribution in [1.82, 2.24) is 15.2 Å². The molecule has 0 spiro atoms. The van der Waals surface area contributed by atoms with Crippen molar-refractivity contribution in [2.45, 2.75) is 13.5 Å². The lowest BCUT2D eigenvalue weighted by atomic mass is 10.1. The molecule has 3 rings (SSSR count). The molecule has 0 saturated heterocycles. The zero-order valence-corrected chi connectivity index (χ0v) is 11.6. The van der Waals surface area contributed by atoms with Crippen LogP contribution in [0.2, 0.25) is 0 Å². The third-order valence-corrected chi connectivity index (χ3v) is 3.50. The van der Waals surface area contributed by atoms with Crippen molar-refractivity contribution < 1.29 is 8.78 Å². The van der Waals surface area contributed by atoms with E-state index in [0.29, 0.717) is 11.3 Å². The highest BCUT2D eigenvalue weighted by atomic mass is 19.1.